The van der Waals surface area contributed by atoms with Gasteiger partial charge in [-0.05, 0) is 53.9 Å². The van der Waals surface area contributed by atoms with Crippen molar-refractivity contribution >= 4 is 36.0 Å². The zero-order chi connectivity index (χ0) is 22.9. The predicted octanol–water partition coefficient (Wildman–Crippen LogP) is 2.03. The van der Waals surface area contributed by atoms with Gasteiger partial charge >= 0.3 is 6.09 Å². The third-order valence-corrected chi connectivity index (χ3v) is 5.35. The fourth-order valence-electron chi connectivity index (χ4n) is 3.87. The lowest BCUT2D eigenvalue weighted by Crippen LogP contribution is -2.52. The molecule has 0 aromatic carbocycles. The number of rotatable bonds is 7. The highest BCUT2D eigenvalue weighted by Crippen LogP contribution is 2.20. The molecular formula is C22H44IN5O4. The fraction of sp³-hybridized carbons (Fsp3) is 0.909. The van der Waals surface area contributed by atoms with Crippen LogP contribution >= 0.6 is 24.0 Å². The number of nitrogens with one attached hydrogen (secondary N) is 2. The molecule has 0 saturated carbocycles. The smallest absolute Gasteiger partial charge is 0.410 e. The van der Waals surface area contributed by atoms with Crippen LogP contribution in [-0.2, 0) is 9.47 Å². The first-order chi connectivity index (χ1) is 14.6. The van der Waals surface area contributed by atoms with Crippen molar-refractivity contribution < 1.29 is 19.4 Å². The number of carbonyl (C=O) groups excluding carboxylic acids is 1. The lowest BCUT2D eigenvalue weighted by atomic mass is 10.0. The van der Waals surface area contributed by atoms with Gasteiger partial charge in [0.05, 0.1) is 31.4 Å². The molecule has 0 aliphatic carbocycles. The molecule has 0 spiro atoms. The van der Waals surface area contributed by atoms with E-state index in [1.54, 1.807) is 0 Å². The maximum absolute atomic E-state index is 12.6. The van der Waals surface area contributed by atoms with E-state index in [1.165, 1.54) is 0 Å². The van der Waals surface area contributed by atoms with Gasteiger partial charge in [0.15, 0.2) is 5.96 Å². The molecule has 3 N–H and O–H groups in total. The number of likely N-dealkylation sites (tertiary alicyclic amines) is 1. The Balaban J connectivity index is 0.00000512. The van der Waals surface area contributed by atoms with Gasteiger partial charge in [-0.3, -0.25) is 9.89 Å². The average Bonchev–Trinajstić information content (AvgIpc) is 2.69. The fourth-order valence-corrected chi connectivity index (χ4v) is 3.87. The Morgan fingerprint density at radius 3 is 2.47 bits per heavy atom. The number of amides is 1. The summed E-state index contributed by atoms with van der Waals surface area (Å²) in [6, 6.07) is 0.0568. The van der Waals surface area contributed by atoms with Gasteiger partial charge in [-0.25, -0.2) is 4.79 Å². The number of ether oxygens (including phenoxy) is 2. The number of aliphatic imine (C=N–C) groups is 1. The maximum atomic E-state index is 12.6. The maximum Gasteiger partial charge on any atom is 0.410 e. The molecule has 2 heterocycles. The minimum absolute atomic E-state index is 0. The molecule has 2 fully saturated rings. The Morgan fingerprint density at radius 1 is 1.16 bits per heavy atom. The van der Waals surface area contributed by atoms with Crippen LogP contribution in [0.15, 0.2) is 4.99 Å². The number of carbonyl (C=O) groups is 1. The van der Waals surface area contributed by atoms with Crippen molar-refractivity contribution in [3.05, 3.63) is 0 Å². The van der Waals surface area contributed by atoms with Crippen molar-refractivity contribution in [2.45, 2.75) is 71.1 Å². The number of halogens is 1. The second kappa shape index (κ2) is 13.8. The van der Waals surface area contributed by atoms with Crippen LogP contribution in [0.3, 0.4) is 0 Å². The number of piperidine rings is 1. The zero-order valence-electron chi connectivity index (χ0n) is 20.5. The van der Waals surface area contributed by atoms with Gasteiger partial charge in [-0.1, -0.05) is 0 Å². The summed E-state index contributed by atoms with van der Waals surface area (Å²) in [5.41, 5.74) is -1.43. The molecule has 9 nitrogen and oxygen atoms in total. The molecule has 2 saturated heterocycles. The zero-order valence-corrected chi connectivity index (χ0v) is 22.8. The van der Waals surface area contributed by atoms with Gasteiger partial charge in [0.25, 0.3) is 0 Å². The number of hydrogen-bond acceptors (Lipinski definition) is 6. The van der Waals surface area contributed by atoms with Crippen LogP contribution in [-0.4, -0.2) is 103 Å². The highest BCUT2D eigenvalue weighted by atomic mass is 127. The Morgan fingerprint density at radius 2 is 1.84 bits per heavy atom. The number of aliphatic hydroxyl groups is 1. The molecule has 2 atom stereocenters. The molecule has 0 bridgehead atoms. The first-order valence-corrected chi connectivity index (χ1v) is 11.6. The van der Waals surface area contributed by atoms with E-state index in [-0.39, 0.29) is 36.1 Å². The van der Waals surface area contributed by atoms with Gasteiger partial charge < -0.3 is 30.1 Å². The summed E-state index contributed by atoms with van der Waals surface area (Å²) in [6.45, 7) is 15.5. The summed E-state index contributed by atoms with van der Waals surface area (Å²) >= 11 is 0. The number of hydrogen-bond donors (Lipinski definition) is 3. The molecular weight excluding hydrogens is 525 g/mol. The predicted molar refractivity (Wildman–Crippen MR) is 138 cm³/mol. The first kappa shape index (κ1) is 29.2. The van der Waals surface area contributed by atoms with Crippen LogP contribution < -0.4 is 10.6 Å². The molecule has 2 aliphatic heterocycles. The van der Waals surface area contributed by atoms with E-state index in [4.69, 9.17) is 9.47 Å². The van der Waals surface area contributed by atoms with Gasteiger partial charge in [0.1, 0.15) is 5.60 Å². The van der Waals surface area contributed by atoms with Crippen molar-refractivity contribution in [1.82, 2.24) is 20.4 Å². The van der Waals surface area contributed by atoms with Crippen molar-refractivity contribution in [2.75, 3.05) is 59.0 Å². The minimum Gasteiger partial charge on any atom is -0.444 e. The summed E-state index contributed by atoms with van der Waals surface area (Å²) in [5, 5.41) is 17.4. The quantitative estimate of drug-likeness (QED) is 0.245. The molecule has 0 aromatic rings. The van der Waals surface area contributed by atoms with E-state index in [9.17, 15) is 9.90 Å². The summed E-state index contributed by atoms with van der Waals surface area (Å²) < 4.78 is 11.0. The Bertz CT molecular complexity index is 591. The first-order valence-electron chi connectivity index (χ1n) is 11.6. The molecule has 0 radical (unpaired) electrons. The lowest BCUT2D eigenvalue weighted by Gasteiger charge is -2.37. The summed E-state index contributed by atoms with van der Waals surface area (Å²) in [7, 11) is 0. The topological polar surface area (TPSA) is 98.7 Å². The van der Waals surface area contributed by atoms with Crippen LogP contribution in [0, 0.1) is 0 Å². The molecule has 1 amide bonds. The highest BCUT2D eigenvalue weighted by Gasteiger charge is 2.31. The monoisotopic (exact) mass is 569 g/mol. The summed E-state index contributed by atoms with van der Waals surface area (Å²) in [5.74, 6) is 0.652. The Kier molecular flexibility index (Phi) is 12.5. The van der Waals surface area contributed by atoms with Crippen LogP contribution in [0.1, 0.15) is 53.9 Å². The van der Waals surface area contributed by atoms with Crippen molar-refractivity contribution in [2.24, 2.45) is 4.99 Å². The minimum atomic E-state index is -0.924. The number of β-amino-alcohol motifs (C(OH)–C–C–N with tert-alkyl or cyclic N) is 1. The molecule has 10 heteroatoms. The highest BCUT2D eigenvalue weighted by molar-refractivity contribution is 14.0. The standard InChI is InChI=1S/C22H43N5O4.HI/c1-6-23-19(25-16-22(5,29)17-26-11-13-30-14-12-26)24-15-18-9-7-8-10-27(18)20(28)31-21(2,3)4;/h18,29H,6-17H2,1-5H3,(H2,23,24,25);1H. The third-order valence-electron chi connectivity index (χ3n) is 5.35. The second-order valence-electron chi connectivity index (χ2n) is 9.78. The van der Waals surface area contributed by atoms with Crippen molar-refractivity contribution in [3.8, 4) is 0 Å². The van der Waals surface area contributed by atoms with Gasteiger partial charge in [-0.2, -0.15) is 0 Å². The third kappa shape index (κ3) is 10.8. The van der Waals surface area contributed by atoms with E-state index in [0.717, 1.165) is 38.9 Å². The van der Waals surface area contributed by atoms with E-state index in [0.29, 0.717) is 45.4 Å². The largest absolute Gasteiger partial charge is 0.444 e. The summed E-state index contributed by atoms with van der Waals surface area (Å²) in [6.07, 6.45) is 2.76. The van der Waals surface area contributed by atoms with E-state index < -0.39 is 11.2 Å². The Hall–Kier alpha value is -0.850. The van der Waals surface area contributed by atoms with Crippen molar-refractivity contribution in [3.63, 3.8) is 0 Å². The van der Waals surface area contributed by atoms with Crippen LogP contribution in [0.2, 0.25) is 0 Å². The average molecular weight is 570 g/mol. The second-order valence-corrected chi connectivity index (χ2v) is 9.78. The SMILES string of the molecule is CCNC(=NCC(C)(O)CN1CCOCC1)NCC1CCCCN1C(=O)OC(C)(C)C.I. The van der Waals surface area contributed by atoms with Gasteiger partial charge in [0.2, 0.25) is 0 Å². The normalized spacial score (nSPS) is 22.5. The Labute approximate surface area is 210 Å². The number of guanidine groups is 1. The lowest BCUT2D eigenvalue weighted by molar-refractivity contribution is -0.0180. The molecule has 2 rings (SSSR count). The molecule has 2 unspecified atom stereocenters. The van der Waals surface area contributed by atoms with Crippen molar-refractivity contribution in [1.29, 1.82) is 0 Å². The molecule has 32 heavy (non-hydrogen) atoms. The number of morpholine rings is 1. The van der Waals surface area contributed by atoms with Gasteiger partial charge in [-0.15, -0.1) is 24.0 Å². The van der Waals surface area contributed by atoms with E-state index >= 15 is 0 Å². The van der Waals surface area contributed by atoms with E-state index in [2.05, 4.69) is 20.5 Å². The van der Waals surface area contributed by atoms with Crippen LogP contribution in [0.25, 0.3) is 0 Å². The number of nitrogens with zero attached hydrogens (tertiary/aromatic N) is 3. The molecule has 2 aliphatic rings. The molecule has 0 aromatic heterocycles. The summed E-state index contributed by atoms with van der Waals surface area (Å²) in [4.78, 5) is 21.3. The van der Waals surface area contributed by atoms with Crippen LogP contribution in [0.5, 0.6) is 0 Å². The van der Waals surface area contributed by atoms with Gasteiger partial charge in [0, 0.05) is 39.3 Å². The van der Waals surface area contributed by atoms with Crippen LogP contribution in [0.4, 0.5) is 4.79 Å². The molecule has 188 valence electrons. The van der Waals surface area contributed by atoms with E-state index in [1.807, 2.05) is 39.5 Å².